The fraction of sp³-hybridized carbons (Fsp3) is 0.333. The lowest BCUT2D eigenvalue weighted by Crippen LogP contribution is -2.26. The number of carbonyl (C=O) groups is 1. The van der Waals surface area contributed by atoms with E-state index in [1.807, 2.05) is 0 Å². The zero-order valence-corrected chi connectivity index (χ0v) is 14.3. The first-order valence-electron chi connectivity index (χ1n) is 7.96. The zero-order valence-electron chi connectivity index (χ0n) is 14.3. The molecule has 1 unspecified atom stereocenters. The van der Waals surface area contributed by atoms with Crippen LogP contribution in [0.5, 0.6) is 11.5 Å². The van der Waals surface area contributed by atoms with E-state index in [0.717, 1.165) is 12.1 Å². The van der Waals surface area contributed by atoms with Crippen LogP contribution in [-0.4, -0.2) is 36.8 Å². The number of aliphatic hydroxyl groups excluding tert-OH is 1. The third-order valence-corrected chi connectivity index (χ3v) is 4.33. The normalized spacial score (nSPS) is 16.9. The van der Waals surface area contributed by atoms with Crippen LogP contribution in [0, 0.1) is 11.6 Å². The van der Waals surface area contributed by atoms with Crippen LogP contribution in [-0.2, 0) is 11.4 Å². The molecule has 1 saturated heterocycles. The topological polar surface area (TPSA) is 71.9 Å². The number of methoxy groups -OCH3 is 2. The summed E-state index contributed by atoms with van der Waals surface area (Å²) in [7, 11) is 2.78. The van der Waals surface area contributed by atoms with Gasteiger partial charge in [0, 0.05) is 48.7 Å². The number of hydrogen-bond donors (Lipinski definition) is 1. The fourth-order valence-electron chi connectivity index (χ4n) is 3.07. The van der Waals surface area contributed by atoms with Gasteiger partial charge in [-0.1, -0.05) is 0 Å². The molecule has 0 aliphatic carbocycles. The molecular formula is C18H18F2N2O4. The Labute approximate surface area is 149 Å². The quantitative estimate of drug-likeness (QED) is 0.882. The predicted octanol–water partition coefficient (Wildman–Crippen LogP) is 2.39. The molecule has 1 fully saturated rings. The first-order valence-corrected chi connectivity index (χ1v) is 7.96. The van der Waals surface area contributed by atoms with Crippen LogP contribution in [0.4, 0.5) is 14.6 Å². The van der Waals surface area contributed by atoms with E-state index in [0.29, 0.717) is 11.4 Å². The number of aromatic nitrogens is 1. The smallest absolute Gasteiger partial charge is 0.228 e. The number of halogens is 2. The molecule has 1 aliphatic rings. The molecule has 1 aromatic heterocycles. The third kappa shape index (κ3) is 3.32. The van der Waals surface area contributed by atoms with Crippen molar-refractivity contribution in [3.63, 3.8) is 0 Å². The molecule has 2 aromatic rings. The van der Waals surface area contributed by atoms with Gasteiger partial charge < -0.3 is 14.6 Å². The van der Waals surface area contributed by atoms with Gasteiger partial charge in [0.1, 0.15) is 29.0 Å². The number of rotatable bonds is 5. The van der Waals surface area contributed by atoms with E-state index >= 15 is 0 Å². The Bertz CT molecular complexity index is 799. The highest BCUT2D eigenvalue weighted by Crippen LogP contribution is 2.36. The lowest BCUT2D eigenvalue weighted by Gasteiger charge is -2.18. The molecule has 0 saturated carbocycles. The monoisotopic (exact) mass is 364 g/mol. The molecular weight excluding hydrogens is 346 g/mol. The molecule has 0 bridgehead atoms. The van der Waals surface area contributed by atoms with E-state index < -0.39 is 17.6 Å². The lowest BCUT2D eigenvalue weighted by molar-refractivity contribution is -0.117. The number of pyridine rings is 1. The summed E-state index contributed by atoms with van der Waals surface area (Å²) in [4.78, 5) is 18.0. The van der Waals surface area contributed by atoms with Gasteiger partial charge in [-0.15, -0.1) is 0 Å². The summed E-state index contributed by atoms with van der Waals surface area (Å²) in [5, 5.41) is 9.31. The number of amides is 1. The molecule has 1 N–H and O–H groups in total. The third-order valence-electron chi connectivity index (χ3n) is 4.33. The van der Waals surface area contributed by atoms with Gasteiger partial charge in [0.15, 0.2) is 0 Å². The second kappa shape index (κ2) is 7.25. The van der Waals surface area contributed by atoms with Gasteiger partial charge in [-0.05, 0) is 0 Å². The number of nitrogens with zero attached hydrogens (tertiary/aromatic N) is 2. The van der Waals surface area contributed by atoms with E-state index in [2.05, 4.69) is 4.98 Å². The molecule has 2 heterocycles. The molecule has 6 nitrogen and oxygen atoms in total. The zero-order chi connectivity index (χ0) is 18.8. The summed E-state index contributed by atoms with van der Waals surface area (Å²) in [5.74, 6) is -1.69. The molecule has 138 valence electrons. The molecule has 26 heavy (non-hydrogen) atoms. The van der Waals surface area contributed by atoms with Crippen molar-refractivity contribution in [3.8, 4) is 11.5 Å². The van der Waals surface area contributed by atoms with Crippen LogP contribution in [0.15, 0.2) is 24.3 Å². The molecule has 0 radical (unpaired) electrons. The summed E-state index contributed by atoms with van der Waals surface area (Å²) >= 11 is 0. The summed E-state index contributed by atoms with van der Waals surface area (Å²) in [6.45, 7) is -0.249. The van der Waals surface area contributed by atoms with Crippen molar-refractivity contribution in [1.29, 1.82) is 0 Å². The van der Waals surface area contributed by atoms with Gasteiger partial charge in [0.05, 0.1) is 26.5 Å². The Kier molecular flexibility index (Phi) is 5.03. The maximum Gasteiger partial charge on any atom is 0.228 e. The molecule has 0 spiro atoms. The van der Waals surface area contributed by atoms with E-state index in [9.17, 15) is 18.7 Å². The van der Waals surface area contributed by atoms with E-state index in [4.69, 9.17) is 9.47 Å². The van der Waals surface area contributed by atoms with Crippen LogP contribution in [0.1, 0.15) is 23.6 Å². The van der Waals surface area contributed by atoms with Gasteiger partial charge in [-0.2, -0.15) is 0 Å². The molecule has 1 amide bonds. The van der Waals surface area contributed by atoms with Crippen molar-refractivity contribution in [2.24, 2.45) is 0 Å². The SMILES string of the molecule is COc1cc(CO)nc(N2CC(c3c(F)cc(OC)cc3F)CC2=O)c1. The number of benzene rings is 1. The van der Waals surface area contributed by atoms with E-state index in [1.54, 1.807) is 12.1 Å². The second-order valence-corrected chi connectivity index (χ2v) is 5.92. The maximum atomic E-state index is 14.3. The van der Waals surface area contributed by atoms with E-state index in [1.165, 1.54) is 19.1 Å². The van der Waals surface area contributed by atoms with Gasteiger partial charge in [0.2, 0.25) is 5.91 Å². The molecule has 1 aromatic carbocycles. The van der Waals surface area contributed by atoms with Crippen LogP contribution in [0.3, 0.4) is 0 Å². The Hall–Kier alpha value is -2.74. The van der Waals surface area contributed by atoms with Crippen molar-refractivity contribution in [2.75, 3.05) is 25.7 Å². The van der Waals surface area contributed by atoms with E-state index in [-0.39, 0.29) is 42.6 Å². The number of ether oxygens (including phenoxy) is 2. The molecule has 3 rings (SSSR count). The lowest BCUT2D eigenvalue weighted by atomic mass is 9.97. The van der Waals surface area contributed by atoms with Gasteiger partial charge in [-0.3, -0.25) is 9.69 Å². The van der Waals surface area contributed by atoms with Gasteiger partial charge in [0.25, 0.3) is 0 Å². The number of hydrogen-bond acceptors (Lipinski definition) is 5. The van der Waals surface area contributed by atoms with Crippen LogP contribution < -0.4 is 14.4 Å². The largest absolute Gasteiger partial charge is 0.497 e. The minimum absolute atomic E-state index is 0.0481. The summed E-state index contributed by atoms with van der Waals surface area (Å²) in [6.07, 6.45) is -0.0481. The average molecular weight is 364 g/mol. The van der Waals surface area contributed by atoms with Crippen molar-refractivity contribution in [2.45, 2.75) is 18.9 Å². The highest BCUT2D eigenvalue weighted by molar-refractivity contribution is 5.95. The highest BCUT2D eigenvalue weighted by atomic mass is 19.1. The average Bonchev–Trinajstić information content (AvgIpc) is 3.01. The molecule has 1 atom stereocenters. The van der Waals surface area contributed by atoms with Crippen LogP contribution >= 0.6 is 0 Å². The van der Waals surface area contributed by atoms with Crippen molar-refractivity contribution in [3.05, 3.63) is 47.2 Å². The van der Waals surface area contributed by atoms with Crippen molar-refractivity contribution in [1.82, 2.24) is 4.98 Å². The van der Waals surface area contributed by atoms with Crippen LogP contribution in [0.2, 0.25) is 0 Å². The number of aliphatic hydroxyl groups is 1. The van der Waals surface area contributed by atoms with Crippen LogP contribution in [0.25, 0.3) is 0 Å². The Morgan fingerprint density at radius 2 is 1.77 bits per heavy atom. The predicted molar refractivity (Wildman–Crippen MR) is 89.3 cm³/mol. The number of carbonyl (C=O) groups excluding carboxylic acids is 1. The fourth-order valence-corrected chi connectivity index (χ4v) is 3.07. The Balaban J connectivity index is 1.93. The molecule has 1 aliphatic heterocycles. The van der Waals surface area contributed by atoms with Crippen molar-refractivity contribution < 1.29 is 28.2 Å². The second-order valence-electron chi connectivity index (χ2n) is 5.92. The van der Waals surface area contributed by atoms with Gasteiger partial charge >= 0.3 is 0 Å². The number of anilines is 1. The molecule has 8 heteroatoms. The summed E-state index contributed by atoms with van der Waals surface area (Å²) in [5.41, 5.74) is 0.185. The standard InChI is InChI=1S/C18H18F2N2O4/c1-25-12-4-11(9-23)21-16(7-12)22-8-10(3-17(22)24)18-14(19)5-13(26-2)6-15(18)20/h4-7,10,23H,3,8-9H2,1-2H3. The maximum absolute atomic E-state index is 14.3. The van der Waals surface area contributed by atoms with Gasteiger partial charge in [-0.25, -0.2) is 13.8 Å². The summed E-state index contributed by atoms with van der Waals surface area (Å²) < 4.78 is 38.6. The minimum Gasteiger partial charge on any atom is -0.497 e. The first-order chi connectivity index (χ1) is 12.5. The Morgan fingerprint density at radius 3 is 2.35 bits per heavy atom. The first kappa shape index (κ1) is 18.1. The van der Waals surface area contributed by atoms with Crippen molar-refractivity contribution >= 4 is 11.7 Å². The summed E-state index contributed by atoms with van der Waals surface area (Å²) in [6, 6.07) is 5.28. The highest BCUT2D eigenvalue weighted by Gasteiger charge is 2.36. The minimum atomic E-state index is -0.754. The Morgan fingerprint density at radius 1 is 1.15 bits per heavy atom.